The van der Waals surface area contributed by atoms with E-state index in [0.29, 0.717) is 24.7 Å². The molecule has 1 N–H and O–H groups in total. The molecule has 3 rings (SSSR count). The van der Waals surface area contributed by atoms with Crippen LogP contribution in [0.5, 0.6) is 5.75 Å². The number of amides is 1. The highest BCUT2D eigenvalue weighted by molar-refractivity contribution is 6.30. The van der Waals surface area contributed by atoms with Gasteiger partial charge < -0.3 is 10.1 Å². The number of nitrogens with zero attached hydrogens (tertiary/aromatic N) is 3. The van der Waals surface area contributed by atoms with Gasteiger partial charge in [-0.2, -0.15) is 5.10 Å². The first-order chi connectivity index (χ1) is 12.5. The zero-order valence-corrected chi connectivity index (χ0v) is 16.0. The SMILES string of the molecule is CCC1CN(CC(=O)NCCc2cnn(C)c2)Cc2ccc(Cl)cc2O1. The number of ether oxygens (including phenoxy) is 1. The molecule has 0 fully saturated rings. The molecule has 1 aromatic heterocycles. The Bertz CT molecular complexity index is 762. The molecule has 6 nitrogen and oxygen atoms in total. The van der Waals surface area contributed by atoms with E-state index in [-0.39, 0.29) is 12.0 Å². The number of halogens is 1. The molecule has 1 atom stereocenters. The summed E-state index contributed by atoms with van der Waals surface area (Å²) < 4.78 is 7.84. The van der Waals surface area contributed by atoms with Crippen LogP contribution in [0.2, 0.25) is 5.02 Å². The highest BCUT2D eigenvalue weighted by Gasteiger charge is 2.23. The first kappa shape index (κ1) is 18.7. The maximum atomic E-state index is 12.3. The monoisotopic (exact) mass is 376 g/mol. The van der Waals surface area contributed by atoms with E-state index in [1.807, 2.05) is 37.6 Å². The third-order valence-corrected chi connectivity index (χ3v) is 4.73. The quantitative estimate of drug-likeness (QED) is 0.841. The predicted octanol–water partition coefficient (Wildman–Crippen LogP) is 2.41. The Morgan fingerprint density at radius 3 is 3.04 bits per heavy atom. The van der Waals surface area contributed by atoms with Crippen LogP contribution in [0.1, 0.15) is 24.5 Å². The largest absolute Gasteiger partial charge is 0.489 e. The summed E-state index contributed by atoms with van der Waals surface area (Å²) in [5.74, 6) is 0.852. The number of carbonyl (C=O) groups is 1. The van der Waals surface area contributed by atoms with Crippen molar-refractivity contribution >= 4 is 17.5 Å². The molecule has 0 spiro atoms. The molecule has 7 heteroatoms. The molecule has 2 aromatic rings. The predicted molar refractivity (Wildman–Crippen MR) is 101 cm³/mol. The molecule has 0 radical (unpaired) electrons. The van der Waals surface area contributed by atoms with Crippen LogP contribution in [0, 0.1) is 0 Å². The van der Waals surface area contributed by atoms with Gasteiger partial charge in [-0.3, -0.25) is 14.4 Å². The van der Waals surface area contributed by atoms with Gasteiger partial charge in [0.05, 0.1) is 12.7 Å². The molecule has 1 amide bonds. The summed E-state index contributed by atoms with van der Waals surface area (Å²) in [6, 6.07) is 5.70. The van der Waals surface area contributed by atoms with Crippen LogP contribution < -0.4 is 10.1 Å². The number of carbonyl (C=O) groups excluding carboxylic acids is 1. The Kier molecular flexibility index (Phi) is 6.16. The van der Waals surface area contributed by atoms with E-state index in [0.717, 1.165) is 36.3 Å². The van der Waals surface area contributed by atoms with Crippen LogP contribution >= 0.6 is 11.6 Å². The van der Waals surface area contributed by atoms with E-state index in [1.54, 1.807) is 4.68 Å². The van der Waals surface area contributed by atoms with E-state index in [9.17, 15) is 4.79 Å². The minimum absolute atomic E-state index is 0.0288. The smallest absolute Gasteiger partial charge is 0.234 e. The molecule has 1 unspecified atom stereocenters. The van der Waals surface area contributed by atoms with Gasteiger partial charge in [0.2, 0.25) is 5.91 Å². The number of nitrogens with one attached hydrogen (secondary N) is 1. The lowest BCUT2D eigenvalue weighted by Gasteiger charge is -2.22. The van der Waals surface area contributed by atoms with E-state index < -0.39 is 0 Å². The summed E-state index contributed by atoms with van der Waals surface area (Å²) >= 11 is 6.09. The third kappa shape index (κ3) is 4.99. The fourth-order valence-electron chi connectivity index (χ4n) is 3.12. The molecular formula is C19H25ClN4O2. The van der Waals surface area contributed by atoms with Gasteiger partial charge in [-0.1, -0.05) is 24.6 Å². The molecule has 1 aliphatic heterocycles. The molecule has 0 saturated carbocycles. The molecule has 2 heterocycles. The highest BCUT2D eigenvalue weighted by Crippen LogP contribution is 2.28. The minimum atomic E-state index is 0.0288. The lowest BCUT2D eigenvalue weighted by atomic mass is 10.2. The zero-order valence-electron chi connectivity index (χ0n) is 15.2. The van der Waals surface area contributed by atoms with Crippen molar-refractivity contribution in [1.29, 1.82) is 0 Å². The molecule has 0 saturated heterocycles. The first-order valence-corrected chi connectivity index (χ1v) is 9.33. The van der Waals surface area contributed by atoms with Gasteiger partial charge in [-0.25, -0.2) is 0 Å². The molecular weight excluding hydrogens is 352 g/mol. The van der Waals surface area contributed by atoms with Crippen molar-refractivity contribution in [1.82, 2.24) is 20.0 Å². The Hall–Kier alpha value is -2.05. The molecule has 0 bridgehead atoms. The normalized spacial score (nSPS) is 17.3. The number of hydrogen-bond acceptors (Lipinski definition) is 4. The third-order valence-electron chi connectivity index (χ3n) is 4.50. The maximum absolute atomic E-state index is 12.3. The molecule has 1 aromatic carbocycles. The van der Waals surface area contributed by atoms with E-state index >= 15 is 0 Å². The topological polar surface area (TPSA) is 59.4 Å². The van der Waals surface area contributed by atoms with Crippen molar-refractivity contribution < 1.29 is 9.53 Å². The van der Waals surface area contributed by atoms with Crippen LogP contribution in [0.15, 0.2) is 30.6 Å². The van der Waals surface area contributed by atoms with Crippen molar-refractivity contribution in [2.24, 2.45) is 7.05 Å². The maximum Gasteiger partial charge on any atom is 0.234 e. The van der Waals surface area contributed by atoms with Gasteiger partial charge in [0.1, 0.15) is 11.9 Å². The number of aryl methyl sites for hydroxylation is 1. The van der Waals surface area contributed by atoms with Crippen LogP contribution in [-0.2, 0) is 24.8 Å². The second-order valence-electron chi connectivity index (χ2n) is 6.69. The lowest BCUT2D eigenvalue weighted by Crippen LogP contribution is -2.40. The van der Waals surface area contributed by atoms with Gasteiger partial charge in [-0.05, 0) is 30.5 Å². The van der Waals surface area contributed by atoms with E-state index in [2.05, 4.69) is 22.2 Å². The van der Waals surface area contributed by atoms with Crippen LogP contribution in [-0.4, -0.2) is 46.3 Å². The van der Waals surface area contributed by atoms with Gasteiger partial charge in [0.25, 0.3) is 0 Å². The Labute approximate surface area is 159 Å². The van der Waals surface area contributed by atoms with Crippen LogP contribution in [0.3, 0.4) is 0 Å². The van der Waals surface area contributed by atoms with Crippen molar-refractivity contribution in [3.05, 3.63) is 46.7 Å². The molecule has 1 aliphatic rings. The lowest BCUT2D eigenvalue weighted by molar-refractivity contribution is -0.122. The molecule has 26 heavy (non-hydrogen) atoms. The fraction of sp³-hybridized carbons (Fsp3) is 0.474. The van der Waals surface area contributed by atoms with Crippen molar-refractivity contribution in [3.8, 4) is 5.75 Å². The summed E-state index contributed by atoms with van der Waals surface area (Å²) in [6.45, 7) is 4.46. The number of aromatic nitrogens is 2. The fourth-order valence-corrected chi connectivity index (χ4v) is 3.28. The summed E-state index contributed by atoms with van der Waals surface area (Å²) in [4.78, 5) is 14.5. The van der Waals surface area contributed by atoms with Crippen molar-refractivity contribution in [2.75, 3.05) is 19.6 Å². The number of rotatable bonds is 6. The van der Waals surface area contributed by atoms with Gasteiger partial charge in [0.15, 0.2) is 0 Å². The summed E-state index contributed by atoms with van der Waals surface area (Å²) in [5.41, 5.74) is 2.18. The van der Waals surface area contributed by atoms with Crippen LogP contribution in [0.4, 0.5) is 0 Å². The second kappa shape index (κ2) is 8.56. The van der Waals surface area contributed by atoms with E-state index in [1.165, 1.54) is 0 Å². The van der Waals surface area contributed by atoms with Crippen LogP contribution in [0.25, 0.3) is 0 Å². The molecule has 0 aliphatic carbocycles. The van der Waals surface area contributed by atoms with E-state index in [4.69, 9.17) is 16.3 Å². The van der Waals surface area contributed by atoms with Crippen molar-refractivity contribution in [3.63, 3.8) is 0 Å². The Morgan fingerprint density at radius 1 is 1.46 bits per heavy atom. The zero-order chi connectivity index (χ0) is 18.5. The van der Waals surface area contributed by atoms with Gasteiger partial charge >= 0.3 is 0 Å². The average molecular weight is 377 g/mol. The summed E-state index contributed by atoms with van der Waals surface area (Å²) in [5, 5.41) is 7.80. The number of benzene rings is 1. The average Bonchev–Trinajstić information content (AvgIpc) is 2.93. The second-order valence-corrected chi connectivity index (χ2v) is 7.13. The first-order valence-electron chi connectivity index (χ1n) is 8.95. The van der Waals surface area contributed by atoms with Crippen molar-refractivity contribution in [2.45, 2.75) is 32.4 Å². The minimum Gasteiger partial charge on any atom is -0.489 e. The summed E-state index contributed by atoms with van der Waals surface area (Å²) in [6.07, 6.45) is 5.50. The van der Waals surface area contributed by atoms with Gasteiger partial charge in [0, 0.05) is 43.5 Å². The Balaban J connectivity index is 1.55. The standard InChI is InChI=1S/C19H25ClN4O2/c1-3-17-12-24(11-15-4-5-16(20)8-18(15)26-17)13-19(25)21-7-6-14-9-22-23(2)10-14/h4-5,8-10,17H,3,6-7,11-13H2,1-2H3,(H,21,25). The number of hydrogen-bond donors (Lipinski definition) is 1. The van der Waals surface area contributed by atoms with Gasteiger partial charge in [-0.15, -0.1) is 0 Å². The number of fused-ring (bicyclic) bond motifs is 1. The molecule has 140 valence electrons. The Morgan fingerprint density at radius 2 is 2.31 bits per heavy atom. The highest BCUT2D eigenvalue weighted by atomic mass is 35.5. The summed E-state index contributed by atoms with van der Waals surface area (Å²) in [7, 11) is 1.89.